The highest BCUT2D eigenvalue weighted by molar-refractivity contribution is 5.93. The second-order valence-corrected chi connectivity index (χ2v) is 7.84. The number of nitrogens with zero attached hydrogens (tertiary/aromatic N) is 3. The molecule has 0 bridgehead atoms. The van der Waals surface area contributed by atoms with Gasteiger partial charge in [0.05, 0.1) is 0 Å². The molecule has 7 nitrogen and oxygen atoms in total. The summed E-state index contributed by atoms with van der Waals surface area (Å²) in [6.07, 6.45) is -0.0754. The predicted octanol–water partition coefficient (Wildman–Crippen LogP) is 3.11. The lowest BCUT2D eigenvalue weighted by molar-refractivity contribution is -0.148. The van der Waals surface area contributed by atoms with Gasteiger partial charge in [-0.3, -0.25) is 19.4 Å². The van der Waals surface area contributed by atoms with Gasteiger partial charge in [-0.2, -0.15) is 0 Å². The molecule has 2 aromatic rings. The second-order valence-electron chi connectivity index (χ2n) is 7.84. The fourth-order valence-electron chi connectivity index (χ4n) is 4.11. The Morgan fingerprint density at radius 1 is 1.00 bits per heavy atom. The largest absolute Gasteiger partial charge is 0.465 e. The summed E-state index contributed by atoms with van der Waals surface area (Å²) in [6.45, 7) is 0.0129. The minimum atomic E-state index is -1.30. The number of hydrogen-bond donors (Lipinski definition) is 1. The maximum atomic E-state index is 13.7. The van der Waals surface area contributed by atoms with E-state index in [0.717, 1.165) is 21.9 Å². The monoisotopic (exact) mass is 459 g/mol. The van der Waals surface area contributed by atoms with Crippen LogP contribution in [-0.2, 0) is 22.4 Å². The minimum absolute atomic E-state index is 0.000493. The van der Waals surface area contributed by atoms with Crippen molar-refractivity contribution in [3.8, 4) is 0 Å². The first-order chi connectivity index (χ1) is 15.7. The smallest absolute Gasteiger partial charge is 0.413 e. The number of rotatable bonds is 5. The topological polar surface area (TPSA) is 81.2 Å². The molecule has 1 N–H and O–H groups in total. The molecule has 33 heavy (non-hydrogen) atoms. The van der Waals surface area contributed by atoms with E-state index in [0.29, 0.717) is 11.6 Å². The summed E-state index contributed by atoms with van der Waals surface area (Å²) < 4.78 is 41.0. The number of benzene rings is 2. The van der Waals surface area contributed by atoms with Gasteiger partial charge in [0.2, 0.25) is 11.8 Å². The Kier molecular flexibility index (Phi) is 6.08. The first-order valence-corrected chi connectivity index (χ1v) is 10.3. The van der Waals surface area contributed by atoms with Gasteiger partial charge >= 0.3 is 6.09 Å². The zero-order chi connectivity index (χ0) is 23.7. The first-order valence-electron chi connectivity index (χ1n) is 10.3. The van der Waals surface area contributed by atoms with E-state index in [1.165, 1.54) is 29.3 Å². The van der Waals surface area contributed by atoms with Gasteiger partial charge in [0, 0.05) is 38.2 Å². The lowest BCUT2D eigenvalue weighted by Crippen LogP contribution is -2.60. The molecular formula is C23H20F3N3O4. The number of hydrogen-bond acceptors (Lipinski definition) is 3. The maximum absolute atomic E-state index is 13.7. The molecule has 0 spiro atoms. The van der Waals surface area contributed by atoms with Crippen molar-refractivity contribution in [1.82, 2.24) is 14.7 Å². The highest BCUT2D eigenvalue weighted by Gasteiger charge is 2.44. The summed E-state index contributed by atoms with van der Waals surface area (Å²) in [7, 11) is 0. The van der Waals surface area contributed by atoms with E-state index >= 15 is 0 Å². The fourth-order valence-corrected chi connectivity index (χ4v) is 4.11. The number of carboxylic acid groups (broad SMARTS) is 1. The van der Waals surface area contributed by atoms with Gasteiger partial charge in [-0.05, 0) is 41.8 Å². The van der Waals surface area contributed by atoms with Crippen LogP contribution in [0.1, 0.15) is 17.5 Å². The zero-order valence-electron chi connectivity index (χ0n) is 17.4. The van der Waals surface area contributed by atoms with E-state index in [9.17, 15) is 32.7 Å². The summed E-state index contributed by atoms with van der Waals surface area (Å²) >= 11 is 0. The number of amides is 3. The molecule has 1 saturated heterocycles. The second kappa shape index (κ2) is 8.97. The summed E-state index contributed by atoms with van der Waals surface area (Å²) in [6, 6.07) is 7.49. The Hall–Kier alpha value is -3.82. The Balaban J connectivity index is 1.68. The minimum Gasteiger partial charge on any atom is -0.465 e. The molecule has 2 aromatic carbocycles. The van der Waals surface area contributed by atoms with Crippen molar-refractivity contribution in [2.45, 2.75) is 25.3 Å². The van der Waals surface area contributed by atoms with E-state index in [2.05, 4.69) is 0 Å². The van der Waals surface area contributed by atoms with Gasteiger partial charge in [-0.15, -0.1) is 0 Å². The molecule has 10 heteroatoms. The summed E-state index contributed by atoms with van der Waals surface area (Å²) in [5.74, 6) is -3.07. The van der Waals surface area contributed by atoms with Crippen LogP contribution in [0, 0.1) is 17.5 Å². The molecule has 0 aliphatic carbocycles. The molecule has 0 unspecified atom stereocenters. The highest BCUT2D eigenvalue weighted by Crippen LogP contribution is 2.30. The van der Waals surface area contributed by atoms with Crippen LogP contribution in [0.15, 0.2) is 54.5 Å². The third-order valence-electron chi connectivity index (χ3n) is 5.61. The lowest BCUT2D eigenvalue weighted by Gasteiger charge is -2.45. The molecule has 2 aliphatic rings. The van der Waals surface area contributed by atoms with Crippen LogP contribution in [-0.4, -0.2) is 56.8 Å². The SMILES string of the molecule is O=C1[C@H](Cc2cc(F)cc(F)c2)N2C(=O)CCN(C(=O)O)C2=CN1CCc1cccc(F)c1. The molecule has 2 aliphatic heterocycles. The van der Waals surface area contributed by atoms with Crippen LogP contribution in [0.2, 0.25) is 0 Å². The lowest BCUT2D eigenvalue weighted by atomic mass is 9.99. The average molecular weight is 459 g/mol. The Morgan fingerprint density at radius 2 is 1.70 bits per heavy atom. The number of fused-ring (bicyclic) bond motifs is 1. The third kappa shape index (κ3) is 4.69. The first kappa shape index (κ1) is 22.4. The van der Waals surface area contributed by atoms with Crippen LogP contribution in [0.25, 0.3) is 0 Å². The number of carbonyl (C=O) groups is 3. The van der Waals surface area contributed by atoms with Crippen molar-refractivity contribution in [3.05, 3.63) is 83.1 Å². The van der Waals surface area contributed by atoms with Gasteiger partial charge in [-0.25, -0.2) is 18.0 Å². The van der Waals surface area contributed by atoms with Crippen LogP contribution in [0.4, 0.5) is 18.0 Å². The Morgan fingerprint density at radius 3 is 2.36 bits per heavy atom. The zero-order valence-corrected chi connectivity index (χ0v) is 17.4. The Bertz CT molecular complexity index is 1130. The molecule has 1 fully saturated rings. The van der Waals surface area contributed by atoms with Crippen molar-refractivity contribution < 1.29 is 32.7 Å². The van der Waals surface area contributed by atoms with E-state index in [1.807, 2.05) is 0 Å². The molecule has 0 aromatic heterocycles. The average Bonchev–Trinajstić information content (AvgIpc) is 2.73. The quantitative estimate of drug-likeness (QED) is 0.745. The van der Waals surface area contributed by atoms with Gasteiger partial charge < -0.3 is 10.0 Å². The third-order valence-corrected chi connectivity index (χ3v) is 5.61. The summed E-state index contributed by atoms with van der Waals surface area (Å²) in [5.41, 5.74) is 0.777. The standard InChI is InChI=1S/C23H20F3N3O4/c24-16-3-1-2-14(8-16)4-6-27-13-20-28(23(32)33)7-5-21(30)29(20)19(22(27)31)11-15-9-17(25)12-18(26)10-15/h1-3,8-10,12-13,19H,4-7,11H2,(H,32,33)/t19-/m0/s1. The highest BCUT2D eigenvalue weighted by atomic mass is 19.1. The van der Waals surface area contributed by atoms with Gasteiger partial charge in [0.25, 0.3) is 0 Å². The molecule has 4 rings (SSSR count). The molecule has 0 radical (unpaired) electrons. The molecule has 172 valence electrons. The van der Waals surface area contributed by atoms with Crippen LogP contribution in [0.3, 0.4) is 0 Å². The molecule has 1 atom stereocenters. The van der Waals surface area contributed by atoms with Crippen LogP contribution in [0.5, 0.6) is 0 Å². The van der Waals surface area contributed by atoms with Crippen molar-refractivity contribution in [2.75, 3.05) is 13.1 Å². The van der Waals surface area contributed by atoms with Crippen LogP contribution >= 0.6 is 0 Å². The normalized spacial score (nSPS) is 18.3. The molecule has 0 saturated carbocycles. The fraction of sp³-hybridized carbons (Fsp3) is 0.261. The van der Waals surface area contributed by atoms with Crippen LogP contribution < -0.4 is 0 Å². The summed E-state index contributed by atoms with van der Waals surface area (Å²) in [5, 5.41) is 9.61. The van der Waals surface area contributed by atoms with Gasteiger partial charge in [0.15, 0.2) is 0 Å². The van der Waals surface area contributed by atoms with E-state index in [1.54, 1.807) is 6.07 Å². The molecule has 3 amide bonds. The van der Waals surface area contributed by atoms with Crippen molar-refractivity contribution in [1.29, 1.82) is 0 Å². The number of carbonyl (C=O) groups excluding carboxylic acids is 2. The molecular weight excluding hydrogens is 439 g/mol. The van der Waals surface area contributed by atoms with Crippen molar-refractivity contribution in [3.63, 3.8) is 0 Å². The van der Waals surface area contributed by atoms with E-state index in [-0.39, 0.29) is 43.7 Å². The summed E-state index contributed by atoms with van der Waals surface area (Å²) in [4.78, 5) is 41.1. The Labute approximate surface area is 187 Å². The predicted molar refractivity (Wildman–Crippen MR) is 110 cm³/mol. The molecule has 2 heterocycles. The van der Waals surface area contributed by atoms with E-state index < -0.39 is 41.4 Å². The van der Waals surface area contributed by atoms with Crippen molar-refractivity contribution in [2.24, 2.45) is 0 Å². The van der Waals surface area contributed by atoms with Gasteiger partial charge in [0.1, 0.15) is 29.3 Å². The number of halogens is 3. The van der Waals surface area contributed by atoms with Crippen molar-refractivity contribution >= 4 is 17.9 Å². The van der Waals surface area contributed by atoms with Gasteiger partial charge in [-0.1, -0.05) is 12.1 Å². The van der Waals surface area contributed by atoms with E-state index in [4.69, 9.17) is 0 Å². The maximum Gasteiger partial charge on any atom is 0.413 e.